The highest BCUT2D eigenvalue weighted by Gasteiger charge is 2.27. The van der Waals surface area contributed by atoms with Crippen LogP contribution in [0.1, 0.15) is 50.8 Å². The van der Waals surface area contributed by atoms with Gasteiger partial charge in [0, 0.05) is 12.6 Å². The van der Waals surface area contributed by atoms with E-state index in [9.17, 15) is 9.59 Å². The lowest BCUT2D eigenvalue weighted by Gasteiger charge is -2.30. The number of carbonyl (C=O) groups excluding carboxylic acids is 2. The summed E-state index contributed by atoms with van der Waals surface area (Å²) in [6, 6.07) is 13.2. The molecule has 0 saturated carbocycles. The summed E-state index contributed by atoms with van der Waals surface area (Å²) < 4.78 is 6.62. The minimum Gasteiger partial charge on any atom is -0.483 e. The number of carbonyl (C=O) groups is 2. The van der Waals surface area contributed by atoms with E-state index in [1.54, 1.807) is 11.8 Å². The van der Waals surface area contributed by atoms with Gasteiger partial charge >= 0.3 is 0 Å². The first-order valence-electron chi connectivity index (χ1n) is 10.8. The molecule has 1 N–H and O–H groups in total. The van der Waals surface area contributed by atoms with Crippen molar-refractivity contribution in [1.29, 1.82) is 0 Å². The molecule has 0 aliphatic carbocycles. The van der Waals surface area contributed by atoms with Crippen LogP contribution in [0.25, 0.3) is 0 Å². The van der Waals surface area contributed by atoms with E-state index in [0.717, 1.165) is 28.4 Å². The maximum Gasteiger partial charge on any atom is 0.261 e. The number of aryl methyl sites for hydroxylation is 2. The van der Waals surface area contributed by atoms with E-state index >= 15 is 0 Å². The van der Waals surface area contributed by atoms with Crippen LogP contribution < -0.4 is 10.1 Å². The zero-order chi connectivity index (χ0) is 23.0. The summed E-state index contributed by atoms with van der Waals surface area (Å²) in [6.07, 6.45) is 1.75. The van der Waals surface area contributed by atoms with Crippen molar-refractivity contribution < 1.29 is 14.3 Å². The molecule has 2 aromatic carbocycles. The SMILES string of the molecule is CCc1ccc(OCC(=O)N(Cc2ccccc2C)[C@@H](C)C(=O)N[C@H](C)CC)c(Br)c1. The molecule has 2 atom stereocenters. The van der Waals surface area contributed by atoms with E-state index in [2.05, 4.69) is 28.2 Å². The second kappa shape index (κ2) is 11.9. The van der Waals surface area contributed by atoms with Gasteiger partial charge in [-0.3, -0.25) is 9.59 Å². The van der Waals surface area contributed by atoms with Crippen molar-refractivity contribution in [1.82, 2.24) is 10.2 Å². The minimum atomic E-state index is -0.615. The van der Waals surface area contributed by atoms with Crippen LogP contribution in [-0.4, -0.2) is 35.4 Å². The fourth-order valence-corrected chi connectivity index (χ4v) is 3.66. The van der Waals surface area contributed by atoms with Crippen molar-refractivity contribution >= 4 is 27.7 Å². The first-order valence-corrected chi connectivity index (χ1v) is 11.6. The Bertz CT molecular complexity index is 900. The standard InChI is InChI=1S/C25H33BrN2O3/c1-6-18(4)27-25(30)19(5)28(15-21-11-9-8-10-17(21)3)24(29)16-31-23-13-12-20(7-2)14-22(23)26/h8-14,18-19H,6-7,15-16H2,1-5H3,(H,27,30)/t18-,19+/m1/s1. The smallest absolute Gasteiger partial charge is 0.261 e. The topological polar surface area (TPSA) is 58.6 Å². The number of amides is 2. The molecule has 2 aromatic rings. The molecule has 0 aliphatic heterocycles. The second-order valence-electron chi connectivity index (χ2n) is 7.85. The van der Waals surface area contributed by atoms with Gasteiger partial charge in [-0.15, -0.1) is 0 Å². The first-order chi connectivity index (χ1) is 14.8. The maximum atomic E-state index is 13.2. The van der Waals surface area contributed by atoms with Gasteiger partial charge in [0.25, 0.3) is 5.91 Å². The van der Waals surface area contributed by atoms with Crippen LogP contribution in [0, 0.1) is 6.92 Å². The van der Waals surface area contributed by atoms with Gasteiger partial charge in [-0.25, -0.2) is 0 Å². The molecule has 0 heterocycles. The minimum absolute atomic E-state index is 0.0506. The Morgan fingerprint density at radius 1 is 1.13 bits per heavy atom. The highest BCUT2D eigenvalue weighted by atomic mass is 79.9. The number of nitrogens with one attached hydrogen (secondary N) is 1. The molecule has 0 spiro atoms. The Labute approximate surface area is 194 Å². The molecule has 0 saturated heterocycles. The largest absolute Gasteiger partial charge is 0.483 e. The fourth-order valence-electron chi connectivity index (χ4n) is 3.12. The van der Waals surface area contributed by atoms with Crippen molar-refractivity contribution in [2.45, 2.75) is 66.1 Å². The Kier molecular flexibility index (Phi) is 9.56. The lowest BCUT2D eigenvalue weighted by Crippen LogP contribution is -2.50. The lowest BCUT2D eigenvalue weighted by atomic mass is 10.1. The number of ether oxygens (including phenoxy) is 1. The molecule has 31 heavy (non-hydrogen) atoms. The quantitative estimate of drug-likeness (QED) is 0.509. The maximum absolute atomic E-state index is 13.2. The lowest BCUT2D eigenvalue weighted by molar-refractivity contribution is -0.142. The van der Waals surface area contributed by atoms with Crippen LogP contribution in [0.4, 0.5) is 0 Å². The van der Waals surface area contributed by atoms with Crippen LogP contribution in [0.15, 0.2) is 46.9 Å². The Morgan fingerprint density at radius 3 is 2.45 bits per heavy atom. The number of halogens is 1. The summed E-state index contributed by atoms with van der Waals surface area (Å²) in [5, 5.41) is 2.98. The Balaban J connectivity index is 2.19. The average Bonchev–Trinajstić information content (AvgIpc) is 2.76. The summed E-state index contributed by atoms with van der Waals surface area (Å²) in [4.78, 5) is 27.5. The van der Waals surface area contributed by atoms with Crippen LogP contribution in [0.3, 0.4) is 0 Å². The van der Waals surface area contributed by atoms with Gasteiger partial charge in [0.15, 0.2) is 6.61 Å². The molecule has 168 valence electrons. The monoisotopic (exact) mass is 488 g/mol. The van der Waals surface area contributed by atoms with Crippen molar-refractivity contribution in [2.75, 3.05) is 6.61 Å². The van der Waals surface area contributed by atoms with Crippen molar-refractivity contribution in [3.05, 3.63) is 63.6 Å². The predicted molar refractivity (Wildman–Crippen MR) is 128 cm³/mol. The third kappa shape index (κ3) is 7.10. The zero-order valence-electron chi connectivity index (χ0n) is 19.1. The van der Waals surface area contributed by atoms with E-state index < -0.39 is 6.04 Å². The van der Waals surface area contributed by atoms with E-state index in [1.165, 1.54) is 5.56 Å². The molecule has 0 aliphatic rings. The van der Waals surface area contributed by atoms with E-state index in [4.69, 9.17) is 4.74 Å². The zero-order valence-corrected chi connectivity index (χ0v) is 20.7. The van der Waals surface area contributed by atoms with Gasteiger partial charge in [-0.05, 0) is 78.4 Å². The van der Waals surface area contributed by atoms with Crippen molar-refractivity contribution in [2.24, 2.45) is 0 Å². The molecule has 6 heteroatoms. The van der Waals surface area contributed by atoms with Crippen LogP contribution in [-0.2, 0) is 22.6 Å². The highest BCUT2D eigenvalue weighted by molar-refractivity contribution is 9.10. The number of hydrogen-bond acceptors (Lipinski definition) is 3. The molecular weight excluding hydrogens is 456 g/mol. The van der Waals surface area contributed by atoms with Gasteiger partial charge in [0.05, 0.1) is 4.47 Å². The Morgan fingerprint density at radius 2 is 1.84 bits per heavy atom. The average molecular weight is 489 g/mol. The molecule has 2 amide bonds. The van der Waals surface area contributed by atoms with Crippen LogP contribution in [0.2, 0.25) is 0 Å². The van der Waals surface area contributed by atoms with Crippen LogP contribution >= 0.6 is 15.9 Å². The molecule has 5 nitrogen and oxygen atoms in total. The fraction of sp³-hybridized carbons (Fsp3) is 0.440. The normalized spacial score (nSPS) is 12.7. The molecule has 2 rings (SSSR count). The molecular formula is C25H33BrN2O3. The third-order valence-corrected chi connectivity index (χ3v) is 6.15. The van der Waals surface area contributed by atoms with Gasteiger partial charge in [-0.1, -0.05) is 44.2 Å². The molecule has 0 unspecified atom stereocenters. The third-order valence-electron chi connectivity index (χ3n) is 5.53. The van der Waals surface area contributed by atoms with E-state index in [1.807, 2.05) is 63.2 Å². The van der Waals surface area contributed by atoms with E-state index in [-0.39, 0.29) is 24.5 Å². The van der Waals surface area contributed by atoms with Gasteiger partial charge in [0.2, 0.25) is 5.91 Å². The summed E-state index contributed by atoms with van der Waals surface area (Å²) >= 11 is 3.51. The van der Waals surface area contributed by atoms with Gasteiger partial charge < -0.3 is 15.0 Å². The van der Waals surface area contributed by atoms with Gasteiger partial charge in [0.1, 0.15) is 11.8 Å². The number of hydrogen-bond donors (Lipinski definition) is 1. The molecule has 0 radical (unpaired) electrons. The Hall–Kier alpha value is -2.34. The van der Waals surface area contributed by atoms with Crippen molar-refractivity contribution in [3.8, 4) is 5.75 Å². The molecule has 0 fully saturated rings. The number of benzene rings is 2. The number of rotatable bonds is 10. The van der Waals surface area contributed by atoms with E-state index in [0.29, 0.717) is 12.3 Å². The highest BCUT2D eigenvalue weighted by Crippen LogP contribution is 2.26. The molecule has 0 bridgehead atoms. The summed E-state index contributed by atoms with van der Waals surface area (Å²) in [7, 11) is 0. The number of nitrogens with zero attached hydrogens (tertiary/aromatic N) is 1. The first kappa shape index (κ1) is 24.9. The molecule has 0 aromatic heterocycles. The summed E-state index contributed by atoms with van der Waals surface area (Å²) in [6.45, 7) is 10.0. The van der Waals surface area contributed by atoms with Crippen LogP contribution in [0.5, 0.6) is 5.75 Å². The predicted octanol–water partition coefficient (Wildman–Crippen LogP) is 5.03. The summed E-state index contributed by atoms with van der Waals surface area (Å²) in [5.74, 6) is 0.212. The van der Waals surface area contributed by atoms with Crippen molar-refractivity contribution in [3.63, 3.8) is 0 Å². The van der Waals surface area contributed by atoms with Gasteiger partial charge in [-0.2, -0.15) is 0 Å². The second-order valence-corrected chi connectivity index (χ2v) is 8.70. The summed E-state index contributed by atoms with van der Waals surface area (Å²) in [5.41, 5.74) is 3.27.